The Morgan fingerprint density at radius 2 is 1.74 bits per heavy atom. The predicted octanol–water partition coefficient (Wildman–Crippen LogP) is 1.80. The van der Waals surface area contributed by atoms with Crippen LogP contribution in [-0.2, 0) is 19.3 Å². The number of benzene rings is 1. The molecule has 0 bridgehead atoms. The molecular weight excluding hydrogens is 304 g/mol. The second-order valence-electron chi connectivity index (χ2n) is 4.62. The number of aliphatic hydroxyl groups is 1. The summed E-state index contributed by atoms with van der Waals surface area (Å²) in [5, 5.41) is 9.52. The summed E-state index contributed by atoms with van der Waals surface area (Å²) in [4.78, 5) is 43.5. The fourth-order valence-electron chi connectivity index (χ4n) is 1.72. The van der Waals surface area contributed by atoms with Crippen LogP contribution in [0, 0.1) is 0 Å². The van der Waals surface area contributed by atoms with Crippen molar-refractivity contribution in [1.29, 1.82) is 0 Å². The normalized spacial score (nSPS) is 12.7. The van der Waals surface area contributed by atoms with Crippen molar-refractivity contribution >= 4 is 17.9 Å². The molecule has 7 heteroatoms. The quantitative estimate of drug-likeness (QED) is 0.369. The maximum absolute atomic E-state index is 12.2. The molecule has 0 aliphatic carbocycles. The topological polar surface area (TPSA) is 99.1 Å². The van der Waals surface area contributed by atoms with Gasteiger partial charge in [0.15, 0.2) is 0 Å². The summed E-state index contributed by atoms with van der Waals surface area (Å²) in [5.41, 5.74) is -0.193. The molecule has 0 fully saturated rings. The number of ether oxygens (including phenoxy) is 1. The van der Waals surface area contributed by atoms with Gasteiger partial charge in [-0.15, -0.1) is 0 Å². The molecule has 2 atom stereocenters. The number of carbonyl (C=O) groups is 3. The van der Waals surface area contributed by atoms with Gasteiger partial charge >= 0.3 is 17.9 Å². The Morgan fingerprint density at radius 1 is 1.17 bits per heavy atom. The number of carbonyl (C=O) groups excluding carboxylic acids is 3. The highest BCUT2D eigenvalue weighted by atomic mass is 17.2. The highest BCUT2D eigenvalue weighted by molar-refractivity contribution is 6.03. The zero-order valence-electron chi connectivity index (χ0n) is 12.9. The highest BCUT2D eigenvalue weighted by Crippen LogP contribution is 2.15. The van der Waals surface area contributed by atoms with Crippen LogP contribution in [0.15, 0.2) is 36.9 Å². The van der Waals surface area contributed by atoms with E-state index in [2.05, 4.69) is 16.4 Å². The molecule has 1 N–H and O–H groups in total. The first-order valence-corrected chi connectivity index (χ1v) is 6.94. The zero-order chi connectivity index (χ0) is 17.4. The Bertz CT molecular complexity index is 592. The fourth-order valence-corrected chi connectivity index (χ4v) is 1.72. The molecule has 1 aromatic carbocycles. The van der Waals surface area contributed by atoms with E-state index in [1.54, 1.807) is 6.92 Å². The van der Waals surface area contributed by atoms with Gasteiger partial charge in [-0.2, -0.15) is 0 Å². The first-order chi connectivity index (χ1) is 10.9. The van der Waals surface area contributed by atoms with Crippen molar-refractivity contribution in [2.75, 3.05) is 0 Å². The fraction of sp³-hybridized carbons (Fsp3) is 0.312. The Kier molecular flexibility index (Phi) is 6.95. The molecule has 2 unspecified atom stereocenters. The minimum absolute atomic E-state index is 0.0637. The van der Waals surface area contributed by atoms with E-state index in [1.807, 2.05) is 0 Å². The molecule has 0 radical (unpaired) electrons. The van der Waals surface area contributed by atoms with Crippen molar-refractivity contribution in [3.8, 4) is 0 Å². The molecule has 7 nitrogen and oxygen atoms in total. The molecule has 0 aliphatic heterocycles. The summed E-state index contributed by atoms with van der Waals surface area (Å²) in [6.45, 7) is 6.40. The average molecular weight is 322 g/mol. The summed E-state index contributed by atoms with van der Waals surface area (Å²) in [6.07, 6.45) is -0.323. The molecule has 0 saturated heterocycles. The molecule has 23 heavy (non-hydrogen) atoms. The summed E-state index contributed by atoms with van der Waals surface area (Å²) in [6, 6.07) is 5.73. The van der Waals surface area contributed by atoms with Gasteiger partial charge in [-0.3, -0.25) is 0 Å². The van der Waals surface area contributed by atoms with Crippen molar-refractivity contribution in [3.63, 3.8) is 0 Å². The molecule has 1 aromatic rings. The van der Waals surface area contributed by atoms with Gasteiger partial charge in [0.25, 0.3) is 0 Å². The van der Waals surface area contributed by atoms with E-state index >= 15 is 0 Å². The Labute approximate surface area is 133 Å². The van der Waals surface area contributed by atoms with Gasteiger partial charge in [-0.25, -0.2) is 24.2 Å². The summed E-state index contributed by atoms with van der Waals surface area (Å²) in [7, 11) is 0. The Morgan fingerprint density at radius 3 is 2.22 bits per heavy atom. The maximum atomic E-state index is 12.2. The highest BCUT2D eigenvalue weighted by Gasteiger charge is 2.24. The van der Waals surface area contributed by atoms with Gasteiger partial charge in [0.05, 0.1) is 17.2 Å². The van der Waals surface area contributed by atoms with Gasteiger partial charge in [0, 0.05) is 6.08 Å². The smallest absolute Gasteiger partial charge is 0.387 e. The van der Waals surface area contributed by atoms with E-state index < -0.39 is 30.1 Å². The van der Waals surface area contributed by atoms with Gasteiger partial charge in [0.1, 0.15) is 6.10 Å². The molecule has 0 aliphatic rings. The van der Waals surface area contributed by atoms with Crippen molar-refractivity contribution in [2.24, 2.45) is 0 Å². The minimum Gasteiger partial charge on any atom is -0.456 e. The lowest BCUT2D eigenvalue weighted by Gasteiger charge is -2.19. The summed E-state index contributed by atoms with van der Waals surface area (Å²) >= 11 is 0. The first kappa shape index (κ1) is 18.4. The molecule has 0 heterocycles. The van der Waals surface area contributed by atoms with Crippen LogP contribution < -0.4 is 0 Å². The molecule has 0 amide bonds. The van der Waals surface area contributed by atoms with E-state index in [9.17, 15) is 19.5 Å². The number of esters is 1. The lowest BCUT2D eigenvalue weighted by atomic mass is 10.1. The number of aliphatic hydroxyl groups excluding tert-OH is 1. The van der Waals surface area contributed by atoms with Crippen LogP contribution in [0.25, 0.3) is 0 Å². The zero-order valence-corrected chi connectivity index (χ0v) is 12.9. The van der Waals surface area contributed by atoms with Crippen molar-refractivity contribution in [3.05, 3.63) is 48.0 Å². The van der Waals surface area contributed by atoms with Crippen LogP contribution >= 0.6 is 0 Å². The largest absolute Gasteiger partial charge is 0.456 e. The van der Waals surface area contributed by atoms with Crippen molar-refractivity contribution in [1.82, 2.24) is 0 Å². The summed E-state index contributed by atoms with van der Waals surface area (Å²) in [5.74, 6) is -2.77. The minimum atomic E-state index is -1.03. The molecule has 1 rings (SSSR count). The maximum Gasteiger partial charge on any atom is 0.387 e. The van der Waals surface area contributed by atoms with Crippen LogP contribution in [0.1, 0.15) is 41.0 Å². The lowest BCUT2D eigenvalue weighted by molar-refractivity contribution is -0.228. The summed E-state index contributed by atoms with van der Waals surface area (Å²) < 4.78 is 5.16. The molecule has 124 valence electrons. The third-order valence-electron chi connectivity index (χ3n) is 2.93. The molecule has 0 aromatic heterocycles. The van der Waals surface area contributed by atoms with Crippen LogP contribution in [0.2, 0.25) is 0 Å². The van der Waals surface area contributed by atoms with Crippen LogP contribution in [-0.4, -0.2) is 35.2 Å². The molecule has 0 saturated carbocycles. The Hall–Kier alpha value is -2.67. The van der Waals surface area contributed by atoms with Crippen LogP contribution in [0.5, 0.6) is 0 Å². The van der Waals surface area contributed by atoms with Crippen molar-refractivity contribution in [2.45, 2.75) is 32.5 Å². The number of hydrogen-bond donors (Lipinski definition) is 1. The van der Waals surface area contributed by atoms with Crippen molar-refractivity contribution < 1.29 is 34.0 Å². The van der Waals surface area contributed by atoms with Crippen LogP contribution in [0.4, 0.5) is 0 Å². The SMILES string of the molecule is C=CC(=O)OOC(=O)c1ccccc1C(=O)OC(CC)C(C)O. The monoisotopic (exact) mass is 322 g/mol. The van der Waals surface area contributed by atoms with Gasteiger partial charge in [0.2, 0.25) is 0 Å². The van der Waals surface area contributed by atoms with Gasteiger partial charge < -0.3 is 9.84 Å². The average Bonchev–Trinajstić information content (AvgIpc) is 2.56. The second-order valence-corrected chi connectivity index (χ2v) is 4.62. The van der Waals surface area contributed by atoms with Crippen LogP contribution in [0.3, 0.4) is 0 Å². The standard InChI is InChI=1S/C16H18O7/c1-4-13(10(3)17)21-15(19)11-8-6-7-9-12(11)16(20)23-22-14(18)5-2/h5-10,13,17H,2,4H2,1,3H3. The number of hydrogen-bond acceptors (Lipinski definition) is 7. The molecular formula is C16H18O7. The second kappa shape index (κ2) is 8.70. The van der Waals surface area contributed by atoms with E-state index in [4.69, 9.17) is 4.74 Å². The van der Waals surface area contributed by atoms with E-state index in [0.29, 0.717) is 6.42 Å². The third kappa shape index (κ3) is 5.23. The Balaban J connectivity index is 2.92. The molecule has 0 spiro atoms. The van der Waals surface area contributed by atoms with E-state index in [1.165, 1.54) is 31.2 Å². The van der Waals surface area contributed by atoms with Gasteiger partial charge in [-0.05, 0) is 25.5 Å². The van der Waals surface area contributed by atoms with E-state index in [-0.39, 0.29) is 11.1 Å². The lowest BCUT2D eigenvalue weighted by Crippen LogP contribution is -2.29. The van der Waals surface area contributed by atoms with Gasteiger partial charge in [-0.1, -0.05) is 25.6 Å². The number of rotatable bonds is 6. The predicted molar refractivity (Wildman–Crippen MR) is 79.3 cm³/mol. The first-order valence-electron chi connectivity index (χ1n) is 6.94. The van der Waals surface area contributed by atoms with E-state index in [0.717, 1.165) is 6.08 Å². The third-order valence-corrected chi connectivity index (χ3v) is 2.93.